The number of nitrogens with two attached hydrogens (primary N) is 1. The molecule has 0 saturated carbocycles. The molecule has 0 spiro atoms. The minimum absolute atomic E-state index is 0.0316. The van der Waals surface area contributed by atoms with E-state index in [-0.39, 0.29) is 34.0 Å². The van der Waals surface area contributed by atoms with Crippen LogP contribution in [0.5, 0.6) is 0 Å². The average Bonchev–Trinajstić information content (AvgIpc) is 2.75. The fraction of sp³-hybridized carbons (Fsp3) is 0.0476. The van der Waals surface area contributed by atoms with Gasteiger partial charge in [-0.15, -0.1) is 0 Å². The van der Waals surface area contributed by atoms with E-state index in [0.29, 0.717) is 0 Å². The van der Waals surface area contributed by atoms with Crippen LogP contribution >= 0.6 is 0 Å². The Morgan fingerprint density at radius 2 is 1.74 bits per heavy atom. The van der Waals surface area contributed by atoms with E-state index in [9.17, 15) is 18.4 Å². The Bertz CT molecular complexity index is 1180. The lowest BCUT2D eigenvalue weighted by Gasteiger charge is -2.12. The van der Waals surface area contributed by atoms with Crippen molar-refractivity contribution < 1.29 is 23.6 Å². The molecule has 1 heterocycles. The summed E-state index contributed by atoms with van der Waals surface area (Å²) in [6.45, 7) is 1.83. The molecule has 8 nitrogen and oxygen atoms in total. The van der Waals surface area contributed by atoms with Crippen molar-refractivity contribution in [1.29, 1.82) is 0 Å². The Balaban J connectivity index is 1.86. The largest absolute Gasteiger partial charge is 0.409 e. The van der Waals surface area contributed by atoms with E-state index in [1.54, 1.807) is 18.3 Å². The third kappa shape index (κ3) is 4.99. The molecule has 0 atom stereocenters. The third-order valence-electron chi connectivity index (χ3n) is 4.24. The summed E-state index contributed by atoms with van der Waals surface area (Å²) in [6.07, 6.45) is 1.55. The van der Waals surface area contributed by atoms with Crippen molar-refractivity contribution in [3.05, 3.63) is 88.6 Å². The Labute approximate surface area is 175 Å². The molecule has 3 rings (SSSR count). The van der Waals surface area contributed by atoms with Crippen molar-refractivity contribution in [3.8, 4) is 0 Å². The highest BCUT2D eigenvalue weighted by Crippen LogP contribution is 2.21. The molecule has 1 aromatic heterocycles. The Morgan fingerprint density at radius 3 is 2.39 bits per heavy atom. The summed E-state index contributed by atoms with van der Waals surface area (Å²) in [7, 11) is 0. The van der Waals surface area contributed by atoms with Crippen LogP contribution in [0.15, 0.2) is 59.9 Å². The van der Waals surface area contributed by atoms with Gasteiger partial charge in [-0.3, -0.25) is 9.59 Å². The van der Waals surface area contributed by atoms with E-state index in [2.05, 4.69) is 20.8 Å². The average molecular weight is 425 g/mol. The van der Waals surface area contributed by atoms with Crippen LogP contribution in [0.25, 0.3) is 0 Å². The number of rotatable bonds is 5. The molecular formula is C21H17F2N5O3. The van der Waals surface area contributed by atoms with Crippen molar-refractivity contribution >= 4 is 29.2 Å². The van der Waals surface area contributed by atoms with Crippen LogP contribution in [0, 0.1) is 18.6 Å². The van der Waals surface area contributed by atoms with E-state index in [1.165, 1.54) is 12.1 Å². The van der Waals surface area contributed by atoms with Crippen molar-refractivity contribution in [1.82, 2.24) is 4.98 Å². The quantitative estimate of drug-likeness (QED) is 0.216. The van der Waals surface area contributed by atoms with Crippen LogP contribution < -0.4 is 16.4 Å². The smallest absolute Gasteiger partial charge is 0.259 e. The highest BCUT2D eigenvalue weighted by atomic mass is 19.1. The second kappa shape index (κ2) is 8.99. The Hall–Kier alpha value is -4.34. The standard InChI is InChI=1S/C21H17F2N5O3/c1-11-2-7-18(25-10-11)27-21(30)15-9-13(22)4-6-17(15)26-20(29)14-5-3-12(8-16(14)23)19(24)28-31/h2-10,31H,1H3,(H2,24,28)(H,26,29)(H,25,27,30). The van der Waals surface area contributed by atoms with Crippen LogP contribution in [0.3, 0.4) is 0 Å². The first kappa shape index (κ1) is 21.4. The van der Waals surface area contributed by atoms with Gasteiger partial charge in [0.2, 0.25) is 0 Å². The molecule has 0 aliphatic heterocycles. The van der Waals surface area contributed by atoms with Crippen molar-refractivity contribution in [2.75, 3.05) is 10.6 Å². The first-order valence-electron chi connectivity index (χ1n) is 8.91. The number of anilines is 2. The van der Waals surface area contributed by atoms with Crippen LogP contribution in [-0.2, 0) is 0 Å². The number of aryl methyl sites for hydroxylation is 1. The fourth-order valence-corrected chi connectivity index (χ4v) is 2.64. The van der Waals surface area contributed by atoms with Gasteiger partial charge in [0, 0.05) is 11.8 Å². The number of nitrogens with zero attached hydrogens (tertiary/aromatic N) is 2. The first-order valence-corrected chi connectivity index (χ1v) is 8.91. The Kier molecular flexibility index (Phi) is 6.20. The van der Waals surface area contributed by atoms with Gasteiger partial charge in [-0.25, -0.2) is 13.8 Å². The number of pyridine rings is 1. The molecule has 5 N–H and O–H groups in total. The van der Waals surface area contributed by atoms with Crippen LogP contribution in [0.1, 0.15) is 31.8 Å². The number of aromatic nitrogens is 1. The van der Waals surface area contributed by atoms with Crippen LogP contribution in [0.4, 0.5) is 20.3 Å². The van der Waals surface area contributed by atoms with E-state index in [4.69, 9.17) is 10.9 Å². The lowest BCUT2D eigenvalue weighted by molar-refractivity contribution is 0.102. The highest BCUT2D eigenvalue weighted by Gasteiger charge is 2.19. The molecule has 158 valence electrons. The lowest BCUT2D eigenvalue weighted by Crippen LogP contribution is -2.20. The van der Waals surface area contributed by atoms with Gasteiger partial charge in [-0.1, -0.05) is 17.3 Å². The fourth-order valence-electron chi connectivity index (χ4n) is 2.64. The minimum Gasteiger partial charge on any atom is -0.409 e. The SMILES string of the molecule is Cc1ccc(NC(=O)c2cc(F)ccc2NC(=O)c2ccc(/C(N)=N\O)cc2F)nc1. The number of oxime groups is 1. The van der Waals surface area contributed by atoms with Gasteiger partial charge in [0.1, 0.15) is 17.5 Å². The maximum atomic E-state index is 14.3. The van der Waals surface area contributed by atoms with Crippen molar-refractivity contribution in [2.45, 2.75) is 6.92 Å². The molecule has 0 aliphatic rings. The number of amides is 2. The summed E-state index contributed by atoms with van der Waals surface area (Å²) in [5.74, 6) is -3.31. The number of nitrogens with one attached hydrogen (secondary N) is 2. The summed E-state index contributed by atoms with van der Waals surface area (Å²) in [5, 5.41) is 16.3. The van der Waals surface area contributed by atoms with Gasteiger partial charge in [0.15, 0.2) is 5.84 Å². The van der Waals surface area contributed by atoms with Crippen LogP contribution in [0.2, 0.25) is 0 Å². The molecule has 2 amide bonds. The zero-order chi connectivity index (χ0) is 22.5. The second-order valence-corrected chi connectivity index (χ2v) is 6.50. The minimum atomic E-state index is -0.932. The molecule has 0 saturated heterocycles. The molecule has 0 unspecified atom stereocenters. The molecule has 3 aromatic rings. The molecule has 2 aromatic carbocycles. The van der Waals surface area contributed by atoms with E-state index in [0.717, 1.165) is 29.8 Å². The molecule has 0 aliphatic carbocycles. The predicted octanol–water partition coefficient (Wildman–Crippen LogP) is 3.27. The monoisotopic (exact) mass is 425 g/mol. The molecule has 0 bridgehead atoms. The summed E-state index contributed by atoms with van der Waals surface area (Å²) in [5.41, 5.74) is 5.79. The molecule has 10 heteroatoms. The zero-order valence-electron chi connectivity index (χ0n) is 16.2. The number of carbonyl (C=O) groups is 2. The van der Waals surface area contributed by atoms with E-state index >= 15 is 0 Å². The first-order chi connectivity index (χ1) is 14.8. The van der Waals surface area contributed by atoms with E-state index in [1.807, 2.05) is 6.92 Å². The number of halogens is 2. The van der Waals surface area contributed by atoms with Gasteiger partial charge in [-0.05, 0) is 48.9 Å². The zero-order valence-corrected chi connectivity index (χ0v) is 16.2. The van der Waals surface area contributed by atoms with Gasteiger partial charge in [0.05, 0.1) is 16.8 Å². The summed E-state index contributed by atoms with van der Waals surface area (Å²) < 4.78 is 28.1. The topological polar surface area (TPSA) is 130 Å². The van der Waals surface area contributed by atoms with Gasteiger partial charge >= 0.3 is 0 Å². The molecular weight excluding hydrogens is 408 g/mol. The van der Waals surface area contributed by atoms with Crippen LogP contribution in [-0.4, -0.2) is 27.8 Å². The number of hydrogen-bond acceptors (Lipinski definition) is 5. The summed E-state index contributed by atoms with van der Waals surface area (Å²) in [4.78, 5) is 29.2. The predicted molar refractivity (Wildman–Crippen MR) is 110 cm³/mol. The molecule has 0 fully saturated rings. The molecule has 0 radical (unpaired) electrons. The third-order valence-corrected chi connectivity index (χ3v) is 4.24. The Morgan fingerprint density at radius 1 is 1.00 bits per heavy atom. The maximum absolute atomic E-state index is 14.3. The number of carbonyl (C=O) groups excluding carboxylic acids is 2. The van der Waals surface area contributed by atoms with Crippen molar-refractivity contribution in [2.24, 2.45) is 10.9 Å². The second-order valence-electron chi connectivity index (χ2n) is 6.50. The summed E-state index contributed by atoms with van der Waals surface area (Å²) in [6, 6.07) is 9.83. The number of benzene rings is 2. The highest BCUT2D eigenvalue weighted by molar-refractivity contribution is 6.12. The number of hydrogen-bond donors (Lipinski definition) is 4. The van der Waals surface area contributed by atoms with Gasteiger partial charge in [-0.2, -0.15) is 0 Å². The van der Waals surface area contributed by atoms with E-state index < -0.39 is 23.4 Å². The van der Waals surface area contributed by atoms with Crippen molar-refractivity contribution in [3.63, 3.8) is 0 Å². The molecule has 31 heavy (non-hydrogen) atoms. The number of amidine groups is 1. The lowest BCUT2D eigenvalue weighted by atomic mass is 10.1. The maximum Gasteiger partial charge on any atom is 0.259 e. The van der Waals surface area contributed by atoms with Gasteiger partial charge in [0.25, 0.3) is 11.8 Å². The summed E-state index contributed by atoms with van der Waals surface area (Å²) >= 11 is 0. The van der Waals surface area contributed by atoms with Gasteiger partial charge < -0.3 is 21.6 Å². The normalized spacial score (nSPS) is 11.1.